The highest BCUT2D eigenvalue weighted by Crippen LogP contribution is 2.28. The van der Waals surface area contributed by atoms with Crippen molar-refractivity contribution in [2.75, 3.05) is 12.3 Å². The number of hydrogen-bond acceptors (Lipinski definition) is 7. The van der Waals surface area contributed by atoms with Gasteiger partial charge < -0.3 is 25.7 Å². The molecule has 1 saturated heterocycles. The molecule has 8 heteroatoms. The first-order chi connectivity index (χ1) is 8.65. The Balaban J connectivity index is 1.97. The van der Waals surface area contributed by atoms with E-state index in [9.17, 15) is 10.2 Å². The first kappa shape index (κ1) is 11.3. The first-order valence-electron chi connectivity index (χ1n) is 5.59. The molecule has 1 aliphatic heterocycles. The van der Waals surface area contributed by atoms with E-state index in [0.29, 0.717) is 22.8 Å². The molecule has 3 atom stereocenters. The molecule has 0 aromatic carbocycles. The van der Waals surface area contributed by atoms with Gasteiger partial charge in [-0.15, -0.1) is 0 Å². The maximum Gasteiger partial charge on any atom is 0.183 e. The molecule has 3 rings (SSSR count). The Morgan fingerprint density at radius 3 is 2.94 bits per heavy atom. The number of aromatic amines is 1. The van der Waals surface area contributed by atoms with Gasteiger partial charge >= 0.3 is 0 Å². The Hall–Kier alpha value is -1.77. The fourth-order valence-electron chi connectivity index (χ4n) is 2.06. The van der Waals surface area contributed by atoms with Gasteiger partial charge in [-0.2, -0.15) is 0 Å². The van der Waals surface area contributed by atoms with Crippen LogP contribution in [-0.4, -0.2) is 49.0 Å². The van der Waals surface area contributed by atoms with E-state index in [-0.39, 0.29) is 13.0 Å². The maximum atomic E-state index is 9.87. The van der Waals surface area contributed by atoms with Crippen molar-refractivity contribution < 1.29 is 14.9 Å². The van der Waals surface area contributed by atoms with Gasteiger partial charge in [0.25, 0.3) is 0 Å². The molecule has 0 spiro atoms. The fraction of sp³-hybridized carbons (Fsp3) is 0.500. The third kappa shape index (κ3) is 1.80. The second kappa shape index (κ2) is 4.16. The van der Waals surface area contributed by atoms with Crippen molar-refractivity contribution in [1.29, 1.82) is 0 Å². The third-order valence-corrected chi connectivity index (χ3v) is 2.94. The van der Waals surface area contributed by atoms with Crippen molar-refractivity contribution in [3.63, 3.8) is 0 Å². The van der Waals surface area contributed by atoms with Gasteiger partial charge in [0.2, 0.25) is 0 Å². The van der Waals surface area contributed by atoms with Gasteiger partial charge in [0.05, 0.1) is 18.8 Å². The van der Waals surface area contributed by atoms with Crippen molar-refractivity contribution in [2.45, 2.75) is 24.7 Å². The number of nitrogen functional groups attached to an aromatic ring is 1. The normalized spacial score (nSPS) is 28.7. The van der Waals surface area contributed by atoms with E-state index in [4.69, 9.17) is 10.5 Å². The summed E-state index contributed by atoms with van der Waals surface area (Å²) in [4.78, 5) is 15.0. The number of hydrogen-bond donors (Lipinski definition) is 4. The number of rotatable bonds is 1. The zero-order valence-electron chi connectivity index (χ0n) is 9.45. The van der Waals surface area contributed by atoms with E-state index in [1.807, 2.05) is 0 Å². The van der Waals surface area contributed by atoms with Crippen molar-refractivity contribution >= 4 is 17.0 Å². The molecule has 2 aromatic rings. The van der Waals surface area contributed by atoms with Crippen LogP contribution in [0.5, 0.6) is 0 Å². The topological polar surface area (TPSA) is 130 Å². The molecule has 2 aromatic heterocycles. The maximum absolute atomic E-state index is 9.87. The van der Waals surface area contributed by atoms with Crippen LogP contribution in [-0.2, 0) is 4.74 Å². The zero-order chi connectivity index (χ0) is 12.7. The van der Waals surface area contributed by atoms with Crippen molar-refractivity contribution in [3.8, 4) is 0 Å². The lowest BCUT2D eigenvalue weighted by Crippen LogP contribution is -2.36. The predicted molar refractivity (Wildman–Crippen MR) is 61.4 cm³/mol. The molecule has 0 amide bonds. The van der Waals surface area contributed by atoms with Crippen LogP contribution >= 0.6 is 0 Å². The quantitative estimate of drug-likeness (QED) is 0.517. The summed E-state index contributed by atoms with van der Waals surface area (Å²) in [7, 11) is 0. The standard InChI is InChI=1S/C10H13N5O3/c11-8-6-9(13-3-12-8)15-10(14-6)7-5(17)1-4(16)2-18-7/h3-5,7,16-17H,1-2H2,(H3,11,12,13,14,15)/t4-,5+,7+/m0/s1. The number of nitrogens with two attached hydrogens (primary N) is 1. The fourth-order valence-corrected chi connectivity index (χ4v) is 2.06. The number of fused-ring (bicyclic) bond motifs is 1. The molecule has 96 valence electrons. The Kier molecular flexibility index (Phi) is 2.62. The van der Waals surface area contributed by atoms with Gasteiger partial charge in [-0.1, -0.05) is 0 Å². The molecule has 0 radical (unpaired) electrons. The molecule has 1 aliphatic rings. The number of anilines is 1. The van der Waals surface area contributed by atoms with E-state index in [1.54, 1.807) is 0 Å². The molecule has 3 heterocycles. The summed E-state index contributed by atoms with van der Waals surface area (Å²) in [6, 6.07) is 0. The summed E-state index contributed by atoms with van der Waals surface area (Å²) in [5, 5.41) is 19.2. The molecule has 0 bridgehead atoms. The lowest BCUT2D eigenvalue weighted by molar-refractivity contribution is -0.127. The molecule has 1 fully saturated rings. The van der Waals surface area contributed by atoms with Crippen LogP contribution in [0.25, 0.3) is 11.2 Å². The average Bonchev–Trinajstić information content (AvgIpc) is 2.74. The van der Waals surface area contributed by atoms with Gasteiger partial charge in [-0.3, -0.25) is 0 Å². The van der Waals surface area contributed by atoms with Crippen LogP contribution < -0.4 is 5.73 Å². The smallest absolute Gasteiger partial charge is 0.183 e. The van der Waals surface area contributed by atoms with E-state index in [2.05, 4.69) is 19.9 Å². The molecule has 0 saturated carbocycles. The van der Waals surface area contributed by atoms with Crippen LogP contribution in [0.15, 0.2) is 6.33 Å². The summed E-state index contributed by atoms with van der Waals surface area (Å²) in [5.41, 5.74) is 6.64. The lowest BCUT2D eigenvalue weighted by Gasteiger charge is -2.29. The van der Waals surface area contributed by atoms with Crippen LogP contribution in [0.1, 0.15) is 18.3 Å². The monoisotopic (exact) mass is 251 g/mol. The molecular formula is C10H13N5O3. The highest BCUT2D eigenvalue weighted by atomic mass is 16.5. The van der Waals surface area contributed by atoms with Gasteiger partial charge in [-0.05, 0) is 0 Å². The summed E-state index contributed by atoms with van der Waals surface area (Å²) in [5.74, 6) is 0.737. The number of ether oxygens (including phenoxy) is 1. The van der Waals surface area contributed by atoms with Crippen molar-refractivity contribution in [1.82, 2.24) is 19.9 Å². The predicted octanol–water partition coefficient (Wildman–Crippen LogP) is -0.882. The molecular weight excluding hydrogens is 238 g/mol. The number of aromatic nitrogens is 4. The molecule has 0 unspecified atom stereocenters. The molecule has 5 N–H and O–H groups in total. The van der Waals surface area contributed by atoms with E-state index >= 15 is 0 Å². The van der Waals surface area contributed by atoms with Crippen LogP contribution in [0.2, 0.25) is 0 Å². The SMILES string of the molecule is Nc1ncnc2nc([C@@H]3OC[C@@H](O)C[C@H]3O)[nH]c12. The zero-order valence-corrected chi connectivity index (χ0v) is 9.45. The second-order valence-corrected chi connectivity index (χ2v) is 4.29. The number of nitrogens with zero attached hydrogens (tertiary/aromatic N) is 3. The Morgan fingerprint density at radius 1 is 1.39 bits per heavy atom. The van der Waals surface area contributed by atoms with Crippen LogP contribution in [0.3, 0.4) is 0 Å². The molecule has 8 nitrogen and oxygen atoms in total. The summed E-state index contributed by atoms with van der Waals surface area (Å²) >= 11 is 0. The van der Waals surface area contributed by atoms with E-state index in [1.165, 1.54) is 6.33 Å². The lowest BCUT2D eigenvalue weighted by atomic mass is 10.0. The van der Waals surface area contributed by atoms with E-state index < -0.39 is 18.3 Å². The second-order valence-electron chi connectivity index (χ2n) is 4.29. The molecule has 18 heavy (non-hydrogen) atoms. The summed E-state index contributed by atoms with van der Waals surface area (Å²) in [6.45, 7) is 0.167. The largest absolute Gasteiger partial charge is 0.391 e. The van der Waals surface area contributed by atoms with Gasteiger partial charge in [0.15, 0.2) is 11.5 Å². The minimum Gasteiger partial charge on any atom is -0.391 e. The average molecular weight is 251 g/mol. The van der Waals surface area contributed by atoms with Gasteiger partial charge in [0.1, 0.15) is 23.8 Å². The van der Waals surface area contributed by atoms with Crippen LogP contribution in [0.4, 0.5) is 5.82 Å². The highest BCUT2D eigenvalue weighted by molar-refractivity contribution is 5.81. The minimum atomic E-state index is -0.816. The number of nitrogens with one attached hydrogen (secondary N) is 1. The first-order valence-corrected chi connectivity index (χ1v) is 5.59. The Labute approximate surface area is 102 Å². The van der Waals surface area contributed by atoms with Gasteiger partial charge in [0, 0.05) is 6.42 Å². The Bertz CT molecular complexity index is 572. The number of aliphatic hydroxyl groups excluding tert-OH is 2. The summed E-state index contributed by atoms with van der Waals surface area (Å²) < 4.78 is 5.38. The van der Waals surface area contributed by atoms with Crippen molar-refractivity contribution in [3.05, 3.63) is 12.2 Å². The minimum absolute atomic E-state index is 0.167. The number of imidazole rings is 1. The highest BCUT2D eigenvalue weighted by Gasteiger charge is 2.32. The molecule has 0 aliphatic carbocycles. The Morgan fingerprint density at radius 2 is 2.22 bits per heavy atom. The number of H-pyrrole nitrogens is 1. The van der Waals surface area contributed by atoms with Crippen LogP contribution in [0, 0.1) is 0 Å². The number of aliphatic hydroxyl groups is 2. The summed E-state index contributed by atoms with van der Waals surface area (Å²) in [6.07, 6.45) is -0.497. The third-order valence-electron chi connectivity index (χ3n) is 2.94. The van der Waals surface area contributed by atoms with Crippen molar-refractivity contribution in [2.24, 2.45) is 0 Å². The van der Waals surface area contributed by atoms with Gasteiger partial charge in [-0.25, -0.2) is 15.0 Å². The van der Waals surface area contributed by atoms with E-state index in [0.717, 1.165) is 0 Å².